The summed E-state index contributed by atoms with van der Waals surface area (Å²) in [6.07, 6.45) is 2.00. The number of piperidine rings is 1. The summed E-state index contributed by atoms with van der Waals surface area (Å²) in [6.45, 7) is 8.34. The van der Waals surface area contributed by atoms with E-state index in [1.165, 1.54) is 15.7 Å². The third-order valence-corrected chi connectivity index (χ3v) is 6.29. The molecule has 0 spiro atoms. The van der Waals surface area contributed by atoms with Crippen LogP contribution in [0, 0.1) is 13.8 Å². The van der Waals surface area contributed by atoms with Crippen LogP contribution in [0.15, 0.2) is 11.0 Å². The summed E-state index contributed by atoms with van der Waals surface area (Å²) in [7, 11) is 0. The van der Waals surface area contributed by atoms with Gasteiger partial charge in [-0.05, 0) is 33.6 Å². The first kappa shape index (κ1) is 21.6. The second-order valence-corrected chi connectivity index (χ2v) is 8.53. The highest BCUT2D eigenvalue weighted by Crippen LogP contribution is 2.28. The van der Waals surface area contributed by atoms with E-state index in [-0.39, 0.29) is 22.8 Å². The lowest BCUT2D eigenvalue weighted by Crippen LogP contribution is -2.47. The van der Waals surface area contributed by atoms with Gasteiger partial charge < -0.3 is 19.6 Å². The van der Waals surface area contributed by atoms with Crippen molar-refractivity contribution < 1.29 is 14.6 Å². The molecule has 0 saturated carbocycles. The van der Waals surface area contributed by atoms with Crippen molar-refractivity contribution in [3.63, 3.8) is 0 Å². The molecule has 11 heteroatoms. The molecule has 2 aliphatic heterocycles. The third-order valence-electron chi connectivity index (χ3n) is 6.11. The highest BCUT2D eigenvalue weighted by molar-refractivity contribution is 6.29. The second-order valence-electron chi connectivity index (χ2n) is 8.14. The standard InChI is InChI=1S/C20H27ClN6O4/c1-12-11-31-9-8-25(12)18-19(28)26(10-16(21)22-18)17-13(2)23-27(14(17)3)15-4-6-24(7-5-15)20(29)30/h10,12,15H,4-9,11H2,1-3H3,(H,29,30). The fourth-order valence-electron chi connectivity index (χ4n) is 4.51. The van der Waals surface area contributed by atoms with Crippen molar-refractivity contribution >= 4 is 23.5 Å². The minimum atomic E-state index is -0.893. The van der Waals surface area contributed by atoms with E-state index in [1.807, 2.05) is 30.4 Å². The number of carboxylic acid groups (broad SMARTS) is 1. The van der Waals surface area contributed by atoms with Gasteiger partial charge in [-0.3, -0.25) is 14.0 Å². The number of halogens is 1. The zero-order chi connectivity index (χ0) is 22.3. The van der Waals surface area contributed by atoms with Gasteiger partial charge in [-0.2, -0.15) is 5.10 Å². The number of nitrogens with zero attached hydrogens (tertiary/aromatic N) is 6. The lowest BCUT2D eigenvalue weighted by Gasteiger charge is -2.33. The topological polar surface area (TPSA) is 106 Å². The molecule has 4 rings (SSSR count). The zero-order valence-corrected chi connectivity index (χ0v) is 18.7. The highest BCUT2D eigenvalue weighted by atomic mass is 35.5. The smallest absolute Gasteiger partial charge is 0.407 e. The number of ether oxygens (including phenoxy) is 1. The van der Waals surface area contributed by atoms with Gasteiger partial charge in [0, 0.05) is 19.6 Å². The maximum atomic E-state index is 13.4. The van der Waals surface area contributed by atoms with Crippen LogP contribution in [-0.4, -0.2) is 74.3 Å². The van der Waals surface area contributed by atoms with Crippen LogP contribution in [0.4, 0.5) is 10.6 Å². The summed E-state index contributed by atoms with van der Waals surface area (Å²) in [5.41, 5.74) is 2.00. The number of hydrogen-bond donors (Lipinski definition) is 1. The first-order valence-electron chi connectivity index (χ1n) is 10.5. The number of aromatic nitrogens is 4. The Hall–Kier alpha value is -2.59. The van der Waals surface area contributed by atoms with E-state index in [4.69, 9.17) is 21.4 Å². The van der Waals surface area contributed by atoms with E-state index in [9.17, 15) is 14.7 Å². The Labute approximate surface area is 185 Å². The predicted octanol–water partition coefficient (Wildman–Crippen LogP) is 2.24. The largest absolute Gasteiger partial charge is 0.465 e. The summed E-state index contributed by atoms with van der Waals surface area (Å²) >= 11 is 6.33. The Kier molecular flexibility index (Phi) is 5.94. The average molecular weight is 451 g/mol. The van der Waals surface area contributed by atoms with E-state index in [0.717, 1.165) is 5.69 Å². The van der Waals surface area contributed by atoms with E-state index in [2.05, 4.69) is 4.98 Å². The molecule has 2 fully saturated rings. The fraction of sp³-hybridized carbons (Fsp3) is 0.600. The Bertz CT molecular complexity index is 1040. The summed E-state index contributed by atoms with van der Waals surface area (Å²) in [5, 5.41) is 14.1. The van der Waals surface area contributed by atoms with Gasteiger partial charge in [0.1, 0.15) is 5.15 Å². The molecule has 1 amide bonds. The molecule has 4 heterocycles. The number of morpholine rings is 1. The van der Waals surface area contributed by atoms with Crippen molar-refractivity contribution in [3.8, 4) is 5.69 Å². The molecule has 1 N–H and O–H groups in total. The molecule has 2 saturated heterocycles. The summed E-state index contributed by atoms with van der Waals surface area (Å²) < 4.78 is 8.94. The van der Waals surface area contributed by atoms with E-state index in [0.29, 0.717) is 62.9 Å². The van der Waals surface area contributed by atoms with Crippen molar-refractivity contribution in [1.29, 1.82) is 0 Å². The zero-order valence-electron chi connectivity index (χ0n) is 17.9. The van der Waals surface area contributed by atoms with Crippen molar-refractivity contribution in [2.45, 2.75) is 45.7 Å². The normalized spacial score (nSPS) is 20.3. The van der Waals surface area contributed by atoms with Crippen LogP contribution < -0.4 is 10.5 Å². The minimum absolute atomic E-state index is 0.0187. The number of hydrogen-bond acceptors (Lipinski definition) is 6. The van der Waals surface area contributed by atoms with Crippen molar-refractivity contribution in [3.05, 3.63) is 33.1 Å². The van der Waals surface area contributed by atoms with Gasteiger partial charge in [-0.15, -0.1) is 0 Å². The maximum absolute atomic E-state index is 13.4. The molecule has 1 unspecified atom stereocenters. The Morgan fingerprint density at radius 1 is 1.26 bits per heavy atom. The number of anilines is 1. The molecule has 10 nitrogen and oxygen atoms in total. The molecule has 168 valence electrons. The van der Waals surface area contributed by atoms with Gasteiger partial charge in [-0.25, -0.2) is 9.78 Å². The van der Waals surface area contributed by atoms with E-state index < -0.39 is 6.09 Å². The maximum Gasteiger partial charge on any atom is 0.407 e. The van der Waals surface area contributed by atoms with Crippen LogP contribution in [0.2, 0.25) is 5.15 Å². The van der Waals surface area contributed by atoms with Gasteiger partial charge >= 0.3 is 6.09 Å². The first-order valence-corrected chi connectivity index (χ1v) is 10.8. The molecule has 2 aromatic heterocycles. The number of rotatable bonds is 3. The third kappa shape index (κ3) is 4.01. The molecule has 2 aromatic rings. The van der Waals surface area contributed by atoms with Gasteiger partial charge in [-0.1, -0.05) is 11.6 Å². The van der Waals surface area contributed by atoms with Crippen molar-refractivity contribution in [1.82, 2.24) is 24.2 Å². The minimum Gasteiger partial charge on any atom is -0.465 e. The van der Waals surface area contributed by atoms with E-state index in [1.54, 1.807) is 0 Å². The fourth-order valence-corrected chi connectivity index (χ4v) is 4.68. The van der Waals surface area contributed by atoms with Crippen LogP contribution in [0.25, 0.3) is 5.69 Å². The molecular weight excluding hydrogens is 424 g/mol. The average Bonchev–Trinajstić information content (AvgIpc) is 3.04. The Morgan fingerprint density at radius 3 is 2.61 bits per heavy atom. The molecule has 0 bridgehead atoms. The summed E-state index contributed by atoms with van der Waals surface area (Å²) in [6, 6.07) is 0.0972. The van der Waals surface area contributed by atoms with Crippen molar-refractivity contribution in [2.24, 2.45) is 0 Å². The second kappa shape index (κ2) is 8.51. The number of likely N-dealkylation sites (tertiary alicyclic amines) is 1. The van der Waals surface area contributed by atoms with Gasteiger partial charge in [0.2, 0.25) is 0 Å². The molecule has 31 heavy (non-hydrogen) atoms. The summed E-state index contributed by atoms with van der Waals surface area (Å²) in [5.74, 6) is 0.310. The van der Waals surface area contributed by atoms with Crippen molar-refractivity contribution in [2.75, 3.05) is 37.7 Å². The molecule has 0 radical (unpaired) electrons. The Morgan fingerprint density at radius 2 is 1.97 bits per heavy atom. The van der Waals surface area contributed by atoms with Gasteiger partial charge in [0.15, 0.2) is 5.82 Å². The van der Waals surface area contributed by atoms with Crippen LogP contribution in [0.1, 0.15) is 37.2 Å². The quantitative estimate of drug-likeness (QED) is 0.764. The lowest BCUT2D eigenvalue weighted by atomic mass is 10.1. The molecular formula is C20H27ClN6O4. The van der Waals surface area contributed by atoms with Gasteiger partial charge in [0.25, 0.3) is 5.56 Å². The molecule has 1 atom stereocenters. The van der Waals surface area contributed by atoms with Crippen LogP contribution in [0.5, 0.6) is 0 Å². The molecule has 2 aliphatic rings. The number of carbonyl (C=O) groups is 1. The first-order chi connectivity index (χ1) is 14.8. The lowest BCUT2D eigenvalue weighted by molar-refractivity contribution is 0.0983. The summed E-state index contributed by atoms with van der Waals surface area (Å²) in [4.78, 5) is 32.3. The molecule has 0 aliphatic carbocycles. The monoisotopic (exact) mass is 450 g/mol. The molecule has 0 aromatic carbocycles. The van der Waals surface area contributed by atoms with E-state index >= 15 is 0 Å². The van der Waals surface area contributed by atoms with Crippen LogP contribution >= 0.6 is 11.6 Å². The predicted molar refractivity (Wildman–Crippen MR) is 116 cm³/mol. The number of aryl methyl sites for hydroxylation is 1. The van der Waals surface area contributed by atoms with Crippen LogP contribution in [-0.2, 0) is 4.74 Å². The SMILES string of the molecule is Cc1nn(C2CCN(C(=O)O)CC2)c(C)c1-n1cc(Cl)nc(N2CCOCC2C)c1=O. The van der Waals surface area contributed by atoms with Gasteiger partial charge in [0.05, 0.1) is 48.6 Å². The number of amides is 1. The highest BCUT2D eigenvalue weighted by Gasteiger charge is 2.29. The Balaban J connectivity index is 1.71. The van der Waals surface area contributed by atoms with Crippen LogP contribution in [0.3, 0.4) is 0 Å².